The molecule has 1 atom stereocenters. The molecule has 24 heavy (non-hydrogen) atoms. The summed E-state index contributed by atoms with van der Waals surface area (Å²) < 4.78 is 32.1. The quantitative estimate of drug-likeness (QED) is 0.935. The molecule has 128 valence electrons. The molecule has 0 aliphatic carbocycles. The number of halogens is 2. The maximum absolute atomic E-state index is 13.8. The van der Waals surface area contributed by atoms with Gasteiger partial charge in [0.15, 0.2) is 5.82 Å². The second kappa shape index (κ2) is 6.54. The summed E-state index contributed by atoms with van der Waals surface area (Å²) in [5, 5.41) is 6.67. The van der Waals surface area contributed by atoms with Crippen molar-refractivity contribution in [3.8, 4) is 0 Å². The third-order valence-electron chi connectivity index (χ3n) is 4.09. The van der Waals surface area contributed by atoms with Gasteiger partial charge in [-0.05, 0) is 30.0 Å². The summed E-state index contributed by atoms with van der Waals surface area (Å²) in [6.45, 7) is 4.10. The number of amides is 2. The topological polar surface area (TPSA) is 71.3 Å². The number of fused-ring (bicyclic) bond motifs is 1. The summed E-state index contributed by atoms with van der Waals surface area (Å²) in [5.41, 5.74) is 0.971. The lowest BCUT2D eigenvalue weighted by atomic mass is 9.99. The van der Waals surface area contributed by atoms with Crippen molar-refractivity contribution < 1.29 is 18.1 Å². The molecular formula is C16H18F2N4O2. The molecule has 0 radical (unpaired) electrons. The second-order valence-electron chi connectivity index (χ2n) is 5.78. The van der Waals surface area contributed by atoms with Crippen molar-refractivity contribution in [2.24, 2.45) is 0 Å². The van der Waals surface area contributed by atoms with Crippen LogP contribution in [-0.2, 0) is 13.0 Å². The normalized spacial score (nSPS) is 15.1. The zero-order valence-corrected chi connectivity index (χ0v) is 13.5. The van der Waals surface area contributed by atoms with Gasteiger partial charge in [0, 0.05) is 26.1 Å². The molecule has 1 aromatic heterocycles. The minimum Gasteiger partial charge on any atom is -0.340 e. The molecule has 0 saturated heterocycles. The van der Waals surface area contributed by atoms with Crippen LogP contribution in [0.15, 0.2) is 16.7 Å². The third-order valence-corrected chi connectivity index (χ3v) is 4.09. The van der Waals surface area contributed by atoms with E-state index in [1.54, 1.807) is 6.92 Å². The van der Waals surface area contributed by atoms with Gasteiger partial charge in [-0.25, -0.2) is 13.6 Å². The Morgan fingerprint density at radius 1 is 1.46 bits per heavy atom. The lowest BCUT2D eigenvalue weighted by Crippen LogP contribution is -2.44. The number of hydrogen-bond donors (Lipinski definition) is 1. The number of aryl methyl sites for hydroxylation is 1. The lowest BCUT2D eigenvalue weighted by Gasteiger charge is -2.30. The molecule has 2 amide bonds. The van der Waals surface area contributed by atoms with E-state index in [1.165, 1.54) is 11.0 Å². The third kappa shape index (κ3) is 3.22. The van der Waals surface area contributed by atoms with Gasteiger partial charge in [-0.1, -0.05) is 12.1 Å². The fourth-order valence-electron chi connectivity index (χ4n) is 2.83. The van der Waals surface area contributed by atoms with Gasteiger partial charge in [-0.3, -0.25) is 0 Å². The molecular weight excluding hydrogens is 318 g/mol. The van der Waals surface area contributed by atoms with Gasteiger partial charge in [0.05, 0.1) is 6.04 Å². The number of nitrogens with zero attached hydrogens (tertiary/aromatic N) is 3. The summed E-state index contributed by atoms with van der Waals surface area (Å²) in [4.78, 5) is 18.1. The Morgan fingerprint density at radius 3 is 2.92 bits per heavy atom. The number of urea groups is 1. The van der Waals surface area contributed by atoms with E-state index >= 15 is 0 Å². The molecule has 0 bridgehead atoms. The maximum atomic E-state index is 13.8. The predicted octanol–water partition coefficient (Wildman–Crippen LogP) is 2.88. The van der Waals surface area contributed by atoms with Crippen LogP contribution in [0.3, 0.4) is 0 Å². The van der Waals surface area contributed by atoms with Crippen LogP contribution in [0.5, 0.6) is 0 Å². The van der Waals surface area contributed by atoms with E-state index in [-0.39, 0.29) is 18.6 Å². The fraction of sp³-hybridized carbons (Fsp3) is 0.438. The number of aromatic nitrogens is 2. The Kier molecular flexibility index (Phi) is 4.46. The number of hydrogen-bond acceptors (Lipinski definition) is 4. The molecule has 6 nitrogen and oxygen atoms in total. The fourth-order valence-corrected chi connectivity index (χ4v) is 2.83. The average Bonchev–Trinajstić information content (AvgIpc) is 2.97. The monoisotopic (exact) mass is 336 g/mol. The Balaban J connectivity index is 1.71. The van der Waals surface area contributed by atoms with Gasteiger partial charge < -0.3 is 14.7 Å². The van der Waals surface area contributed by atoms with Gasteiger partial charge in [-0.2, -0.15) is 4.98 Å². The van der Waals surface area contributed by atoms with Crippen molar-refractivity contribution in [3.63, 3.8) is 0 Å². The van der Waals surface area contributed by atoms with E-state index in [1.807, 2.05) is 6.92 Å². The molecule has 0 saturated carbocycles. The van der Waals surface area contributed by atoms with Crippen molar-refractivity contribution in [1.82, 2.24) is 20.4 Å². The second-order valence-corrected chi connectivity index (χ2v) is 5.78. The Labute approximate surface area is 137 Å². The first kappa shape index (κ1) is 16.4. The molecule has 0 unspecified atom stereocenters. The van der Waals surface area contributed by atoms with Crippen molar-refractivity contribution >= 4 is 6.03 Å². The van der Waals surface area contributed by atoms with Gasteiger partial charge >= 0.3 is 6.03 Å². The largest absolute Gasteiger partial charge is 0.340 e. The van der Waals surface area contributed by atoms with Gasteiger partial charge in [0.25, 0.3) is 0 Å². The van der Waals surface area contributed by atoms with Gasteiger partial charge in [0.2, 0.25) is 5.89 Å². The standard InChI is InChI=1S/C16H18F2N4O2/c1-3-14(15-19-9(2)24-21-15)20-16(23)22-5-4-12-10(8-22)6-11(17)7-13(12)18/h6-7,14H,3-5,8H2,1-2H3,(H,20,23)/t14-/m0/s1. The highest BCUT2D eigenvalue weighted by Crippen LogP contribution is 2.24. The van der Waals surface area contributed by atoms with Crippen molar-refractivity contribution in [2.45, 2.75) is 39.3 Å². The minimum atomic E-state index is -0.637. The molecule has 8 heteroatoms. The van der Waals surface area contributed by atoms with E-state index in [0.29, 0.717) is 42.2 Å². The number of benzene rings is 1. The van der Waals surface area contributed by atoms with Gasteiger partial charge in [-0.15, -0.1) is 0 Å². The summed E-state index contributed by atoms with van der Waals surface area (Å²) in [7, 11) is 0. The molecule has 1 N–H and O–H groups in total. The van der Waals surface area contributed by atoms with E-state index in [4.69, 9.17) is 4.52 Å². The highest BCUT2D eigenvalue weighted by Gasteiger charge is 2.26. The first-order valence-corrected chi connectivity index (χ1v) is 7.80. The Bertz CT molecular complexity index is 763. The lowest BCUT2D eigenvalue weighted by molar-refractivity contribution is 0.186. The first-order chi connectivity index (χ1) is 11.5. The summed E-state index contributed by atoms with van der Waals surface area (Å²) in [5.74, 6) is -0.352. The predicted molar refractivity (Wildman–Crippen MR) is 81.1 cm³/mol. The van der Waals surface area contributed by atoms with Crippen LogP contribution >= 0.6 is 0 Å². The molecule has 1 aromatic carbocycles. The van der Waals surface area contributed by atoms with Crippen molar-refractivity contribution in [2.75, 3.05) is 6.54 Å². The van der Waals surface area contributed by atoms with Crippen LogP contribution in [0, 0.1) is 18.6 Å². The highest BCUT2D eigenvalue weighted by atomic mass is 19.1. The molecule has 1 aliphatic rings. The van der Waals surface area contributed by atoms with Crippen LogP contribution < -0.4 is 5.32 Å². The SMILES string of the molecule is CC[C@H](NC(=O)N1CCc2c(F)cc(F)cc2C1)c1noc(C)n1. The number of nitrogens with one attached hydrogen (secondary N) is 1. The Hall–Kier alpha value is -2.51. The molecule has 1 aliphatic heterocycles. The van der Waals surface area contributed by atoms with Crippen molar-refractivity contribution in [3.05, 3.63) is 46.6 Å². The van der Waals surface area contributed by atoms with Crippen LogP contribution in [0.4, 0.5) is 13.6 Å². The molecule has 0 fully saturated rings. The zero-order valence-electron chi connectivity index (χ0n) is 13.5. The average molecular weight is 336 g/mol. The highest BCUT2D eigenvalue weighted by molar-refractivity contribution is 5.75. The van der Waals surface area contributed by atoms with E-state index in [0.717, 1.165) is 6.07 Å². The molecule has 0 spiro atoms. The van der Waals surface area contributed by atoms with Gasteiger partial charge in [0.1, 0.15) is 11.6 Å². The number of carbonyl (C=O) groups is 1. The first-order valence-electron chi connectivity index (χ1n) is 7.80. The molecule has 2 aromatic rings. The number of carbonyl (C=O) groups excluding carboxylic acids is 1. The van der Waals surface area contributed by atoms with Crippen molar-refractivity contribution in [1.29, 1.82) is 0 Å². The van der Waals surface area contributed by atoms with Crippen LogP contribution in [0.25, 0.3) is 0 Å². The maximum Gasteiger partial charge on any atom is 0.318 e. The van der Waals surface area contributed by atoms with Crippen LogP contribution in [0.1, 0.15) is 42.2 Å². The smallest absolute Gasteiger partial charge is 0.318 e. The summed E-state index contributed by atoms with van der Waals surface area (Å²) >= 11 is 0. The van der Waals surface area contributed by atoms with E-state index < -0.39 is 11.6 Å². The van der Waals surface area contributed by atoms with E-state index in [9.17, 15) is 13.6 Å². The summed E-state index contributed by atoms with van der Waals surface area (Å²) in [6.07, 6.45) is 0.950. The number of rotatable bonds is 3. The molecule has 3 rings (SSSR count). The van der Waals surface area contributed by atoms with E-state index in [2.05, 4.69) is 15.5 Å². The zero-order chi connectivity index (χ0) is 17.3. The minimum absolute atomic E-state index is 0.164. The van der Waals surface area contributed by atoms with Crippen LogP contribution in [-0.4, -0.2) is 27.6 Å². The van der Waals surface area contributed by atoms with Crippen LogP contribution in [0.2, 0.25) is 0 Å². The summed E-state index contributed by atoms with van der Waals surface area (Å²) in [6, 6.07) is 1.46. The molecule has 2 heterocycles. The Morgan fingerprint density at radius 2 is 2.25 bits per heavy atom.